The van der Waals surface area contributed by atoms with Crippen LogP contribution in [0.2, 0.25) is 0 Å². The SMILES string of the molecule is NS(=O)(=O)NCCCCC(NCC(=O)c1ccccc1)c1cnc(-c2ccccc2)[nH]1. The van der Waals surface area contributed by atoms with Gasteiger partial charge in [0.15, 0.2) is 5.78 Å². The first-order valence-corrected chi connectivity index (χ1v) is 11.7. The van der Waals surface area contributed by atoms with Gasteiger partial charge in [0, 0.05) is 23.7 Å². The highest BCUT2D eigenvalue weighted by atomic mass is 32.2. The Morgan fingerprint density at radius 2 is 1.71 bits per heavy atom. The molecule has 3 aromatic rings. The molecule has 9 heteroatoms. The minimum Gasteiger partial charge on any atom is -0.341 e. The van der Waals surface area contributed by atoms with Crippen LogP contribution in [-0.4, -0.2) is 37.3 Å². The van der Waals surface area contributed by atoms with Gasteiger partial charge in [-0.2, -0.15) is 8.42 Å². The largest absolute Gasteiger partial charge is 0.341 e. The van der Waals surface area contributed by atoms with E-state index in [0.29, 0.717) is 18.4 Å². The van der Waals surface area contributed by atoms with Crippen molar-refractivity contribution in [3.63, 3.8) is 0 Å². The Kier molecular flexibility index (Phi) is 8.07. The van der Waals surface area contributed by atoms with Crippen LogP contribution in [0.15, 0.2) is 66.9 Å². The van der Waals surface area contributed by atoms with Gasteiger partial charge in [0.05, 0.1) is 18.4 Å². The second-order valence-corrected chi connectivity index (χ2v) is 8.59. The maximum atomic E-state index is 12.5. The van der Waals surface area contributed by atoms with Gasteiger partial charge in [0.2, 0.25) is 0 Å². The van der Waals surface area contributed by atoms with E-state index in [1.807, 2.05) is 48.5 Å². The lowest BCUT2D eigenvalue weighted by Crippen LogP contribution is -2.31. The van der Waals surface area contributed by atoms with Crippen molar-refractivity contribution >= 4 is 16.0 Å². The van der Waals surface area contributed by atoms with Crippen LogP contribution in [0.3, 0.4) is 0 Å². The number of ketones is 1. The third-order valence-corrected chi connectivity index (χ3v) is 5.45. The lowest BCUT2D eigenvalue weighted by atomic mass is 10.1. The standard InChI is InChI=1S/C22H27N5O3S/c23-31(29,30)26-14-8-7-13-19(24-16-21(28)17-9-3-1-4-10-17)20-15-25-22(27-20)18-11-5-2-6-12-18/h1-6,9-12,15,19,24,26H,7-8,13-14,16H2,(H,25,27)(H2,23,29,30). The highest BCUT2D eigenvalue weighted by Crippen LogP contribution is 2.22. The number of nitrogens with zero attached hydrogens (tertiary/aromatic N) is 1. The summed E-state index contributed by atoms with van der Waals surface area (Å²) in [6.45, 7) is 0.455. The number of unbranched alkanes of at least 4 members (excludes halogenated alkanes) is 1. The van der Waals surface area contributed by atoms with Crippen LogP contribution in [0.25, 0.3) is 11.4 Å². The van der Waals surface area contributed by atoms with Crippen molar-refractivity contribution in [2.75, 3.05) is 13.1 Å². The fraction of sp³-hybridized carbons (Fsp3) is 0.273. The summed E-state index contributed by atoms with van der Waals surface area (Å²) in [4.78, 5) is 20.3. The van der Waals surface area contributed by atoms with Gasteiger partial charge in [0.25, 0.3) is 10.2 Å². The van der Waals surface area contributed by atoms with E-state index in [-0.39, 0.29) is 24.9 Å². The maximum absolute atomic E-state index is 12.5. The van der Waals surface area contributed by atoms with E-state index in [2.05, 4.69) is 20.0 Å². The number of carbonyl (C=O) groups is 1. The lowest BCUT2D eigenvalue weighted by Gasteiger charge is -2.17. The minimum absolute atomic E-state index is 0.00397. The van der Waals surface area contributed by atoms with E-state index in [4.69, 9.17) is 5.14 Å². The number of nitrogens with two attached hydrogens (primary N) is 1. The number of H-pyrrole nitrogens is 1. The van der Waals surface area contributed by atoms with Crippen LogP contribution in [0, 0.1) is 0 Å². The molecule has 0 bridgehead atoms. The summed E-state index contributed by atoms with van der Waals surface area (Å²) in [6, 6.07) is 18.8. The number of aromatic nitrogens is 2. The first-order chi connectivity index (χ1) is 14.9. The van der Waals surface area contributed by atoms with Crippen LogP contribution in [0.4, 0.5) is 0 Å². The van der Waals surface area contributed by atoms with Crippen LogP contribution in [-0.2, 0) is 10.2 Å². The molecule has 2 aromatic carbocycles. The third-order valence-electron chi connectivity index (χ3n) is 4.85. The smallest absolute Gasteiger partial charge is 0.274 e. The molecule has 164 valence electrons. The van der Waals surface area contributed by atoms with Crippen molar-refractivity contribution in [3.05, 3.63) is 78.1 Å². The molecule has 0 saturated carbocycles. The number of carbonyl (C=O) groups excluding carboxylic acids is 1. The molecule has 5 N–H and O–H groups in total. The molecule has 31 heavy (non-hydrogen) atoms. The van der Waals surface area contributed by atoms with Gasteiger partial charge >= 0.3 is 0 Å². The number of Topliss-reactive ketones (excluding diaryl/α,β-unsaturated/α-hetero) is 1. The maximum Gasteiger partial charge on any atom is 0.274 e. The topological polar surface area (TPSA) is 130 Å². The van der Waals surface area contributed by atoms with E-state index in [1.54, 1.807) is 18.3 Å². The molecule has 0 radical (unpaired) electrons. The second kappa shape index (κ2) is 11.0. The molecule has 0 fully saturated rings. The Bertz CT molecular complexity index is 1070. The molecule has 3 rings (SSSR count). The lowest BCUT2D eigenvalue weighted by molar-refractivity contribution is 0.0986. The highest BCUT2D eigenvalue weighted by molar-refractivity contribution is 7.87. The number of rotatable bonds is 12. The summed E-state index contributed by atoms with van der Waals surface area (Å²) in [7, 11) is -3.68. The Labute approximate surface area is 182 Å². The monoisotopic (exact) mass is 441 g/mol. The van der Waals surface area contributed by atoms with Gasteiger partial charge in [-0.15, -0.1) is 0 Å². The molecule has 0 spiro atoms. The van der Waals surface area contributed by atoms with Gasteiger partial charge < -0.3 is 10.3 Å². The molecular formula is C22H27N5O3S. The van der Waals surface area contributed by atoms with E-state index in [0.717, 1.165) is 23.5 Å². The zero-order valence-corrected chi connectivity index (χ0v) is 17.9. The minimum atomic E-state index is -3.68. The fourth-order valence-electron chi connectivity index (χ4n) is 3.25. The fourth-order valence-corrected chi connectivity index (χ4v) is 3.68. The molecule has 8 nitrogen and oxygen atoms in total. The molecule has 1 unspecified atom stereocenters. The summed E-state index contributed by atoms with van der Waals surface area (Å²) in [5.41, 5.74) is 2.50. The predicted molar refractivity (Wildman–Crippen MR) is 121 cm³/mol. The predicted octanol–water partition coefficient (Wildman–Crippen LogP) is 2.55. The van der Waals surface area contributed by atoms with Crippen molar-refractivity contribution in [3.8, 4) is 11.4 Å². The Balaban J connectivity index is 1.65. The van der Waals surface area contributed by atoms with E-state index >= 15 is 0 Å². The summed E-state index contributed by atoms with van der Waals surface area (Å²) in [6.07, 6.45) is 3.83. The number of nitrogens with one attached hydrogen (secondary N) is 3. The highest BCUT2D eigenvalue weighted by Gasteiger charge is 2.16. The van der Waals surface area contributed by atoms with Crippen molar-refractivity contribution in [1.82, 2.24) is 20.0 Å². The number of hydrogen-bond acceptors (Lipinski definition) is 5. The summed E-state index contributed by atoms with van der Waals surface area (Å²) in [5, 5.41) is 8.28. The van der Waals surface area contributed by atoms with Crippen LogP contribution >= 0.6 is 0 Å². The van der Waals surface area contributed by atoms with Crippen LogP contribution in [0.1, 0.15) is 41.4 Å². The Morgan fingerprint density at radius 1 is 1.03 bits per heavy atom. The normalized spacial score (nSPS) is 12.5. The molecule has 0 saturated heterocycles. The zero-order valence-electron chi connectivity index (χ0n) is 17.1. The number of benzene rings is 2. The average Bonchev–Trinajstić information content (AvgIpc) is 3.26. The quantitative estimate of drug-likeness (QED) is 0.253. The summed E-state index contributed by atoms with van der Waals surface area (Å²) in [5.74, 6) is 0.761. The zero-order chi connectivity index (χ0) is 22.1. The van der Waals surface area contributed by atoms with Gasteiger partial charge in [-0.1, -0.05) is 67.1 Å². The summed E-state index contributed by atoms with van der Waals surface area (Å²) < 4.78 is 24.3. The van der Waals surface area contributed by atoms with Crippen molar-refractivity contribution in [2.24, 2.45) is 5.14 Å². The molecule has 0 amide bonds. The molecule has 1 atom stereocenters. The Hall–Kier alpha value is -2.85. The van der Waals surface area contributed by atoms with E-state index in [1.165, 1.54) is 0 Å². The van der Waals surface area contributed by atoms with Crippen molar-refractivity contribution in [1.29, 1.82) is 0 Å². The first-order valence-electron chi connectivity index (χ1n) is 10.1. The number of aromatic amines is 1. The van der Waals surface area contributed by atoms with E-state index < -0.39 is 10.2 Å². The van der Waals surface area contributed by atoms with E-state index in [9.17, 15) is 13.2 Å². The Morgan fingerprint density at radius 3 is 2.39 bits per heavy atom. The van der Waals surface area contributed by atoms with Crippen LogP contribution < -0.4 is 15.2 Å². The van der Waals surface area contributed by atoms with Crippen molar-refractivity contribution in [2.45, 2.75) is 25.3 Å². The molecule has 1 heterocycles. The molecule has 1 aromatic heterocycles. The average molecular weight is 442 g/mol. The molecule has 0 aliphatic rings. The number of imidazole rings is 1. The first kappa shape index (κ1) is 22.8. The number of hydrogen-bond donors (Lipinski definition) is 4. The third kappa shape index (κ3) is 7.41. The molecule has 0 aliphatic heterocycles. The second-order valence-electron chi connectivity index (χ2n) is 7.21. The summed E-state index contributed by atoms with van der Waals surface area (Å²) >= 11 is 0. The van der Waals surface area contributed by atoms with Gasteiger partial charge in [-0.3, -0.25) is 4.79 Å². The molecular weight excluding hydrogens is 414 g/mol. The molecule has 0 aliphatic carbocycles. The van der Waals surface area contributed by atoms with Gasteiger partial charge in [-0.05, 0) is 12.8 Å². The van der Waals surface area contributed by atoms with Crippen LogP contribution in [0.5, 0.6) is 0 Å². The van der Waals surface area contributed by atoms with Gasteiger partial charge in [0.1, 0.15) is 5.82 Å². The van der Waals surface area contributed by atoms with Gasteiger partial charge in [-0.25, -0.2) is 14.8 Å². The van der Waals surface area contributed by atoms with Crippen molar-refractivity contribution < 1.29 is 13.2 Å².